The molecule has 0 fully saturated rings. The van der Waals surface area contributed by atoms with Crippen molar-refractivity contribution in [3.8, 4) is 16.9 Å². The molecule has 0 heterocycles. The molecule has 0 aliphatic carbocycles. The van der Waals surface area contributed by atoms with Crippen LogP contribution in [0.2, 0.25) is 0 Å². The van der Waals surface area contributed by atoms with Crippen LogP contribution >= 0.6 is 0 Å². The lowest BCUT2D eigenvalue weighted by atomic mass is 10.0. The molecule has 2 aromatic rings. The molecule has 2 aromatic carbocycles. The van der Waals surface area contributed by atoms with Crippen molar-refractivity contribution in [3.63, 3.8) is 0 Å². The van der Waals surface area contributed by atoms with Gasteiger partial charge in [-0.3, -0.25) is 0 Å². The minimum Gasteiger partial charge on any atom is -0.435 e. The molecule has 0 N–H and O–H groups in total. The number of ether oxygens (including phenoxy) is 1. The van der Waals surface area contributed by atoms with E-state index in [0.29, 0.717) is 0 Å². The molecule has 0 amide bonds. The van der Waals surface area contributed by atoms with E-state index in [1.165, 1.54) is 17.7 Å². The molecule has 0 aromatic heterocycles. The van der Waals surface area contributed by atoms with Gasteiger partial charge < -0.3 is 4.74 Å². The first kappa shape index (κ1) is 14.5. The number of benzene rings is 2. The van der Waals surface area contributed by atoms with Crippen molar-refractivity contribution in [2.75, 3.05) is 0 Å². The number of halogens is 2. The Kier molecular flexibility index (Phi) is 5.10. The molecular formula is C17H17F2O. The number of hydrogen-bond donors (Lipinski definition) is 0. The standard InChI is InChI=1S/C17H17F2O/c1-2-3-5-13-6-4-7-15(12-13)14-8-10-16(11-9-14)20-17(18)19/h4,6-8,10-12,17H,2-3,5H2,1H3. The van der Waals surface area contributed by atoms with Crippen molar-refractivity contribution in [3.05, 3.63) is 54.1 Å². The third kappa shape index (κ3) is 4.05. The summed E-state index contributed by atoms with van der Waals surface area (Å²) in [5.74, 6) is 0.130. The van der Waals surface area contributed by atoms with Crippen LogP contribution in [0, 0.1) is 6.07 Å². The van der Waals surface area contributed by atoms with E-state index >= 15 is 0 Å². The lowest BCUT2D eigenvalue weighted by molar-refractivity contribution is -0.0498. The van der Waals surface area contributed by atoms with Crippen LogP contribution in [0.15, 0.2) is 42.5 Å². The van der Waals surface area contributed by atoms with E-state index in [9.17, 15) is 8.78 Å². The van der Waals surface area contributed by atoms with E-state index < -0.39 is 6.61 Å². The average Bonchev–Trinajstić information content (AvgIpc) is 2.45. The number of rotatable bonds is 6. The fraction of sp³-hybridized carbons (Fsp3) is 0.294. The molecule has 0 bridgehead atoms. The lowest BCUT2D eigenvalue weighted by Crippen LogP contribution is -2.01. The number of unbranched alkanes of at least 4 members (excludes halogenated alkanes) is 1. The van der Waals surface area contributed by atoms with E-state index in [2.05, 4.69) is 29.9 Å². The first-order valence-corrected chi connectivity index (χ1v) is 6.75. The van der Waals surface area contributed by atoms with Crippen molar-refractivity contribution in [1.29, 1.82) is 0 Å². The van der Waals surface area contributed by atoms with Gasteiger partial charge in [0.25, 0.3) is 0 Å². The Morgan fingerprint density at radius 2 is 2.05 bits per heavy atom. The summed E-state index contributed by atoms with van der Waals surface area (Å²) in [5.41, 5.74) is 3.21. The SMILES string of the molecule is CCCCc1cccc(-c2[c]cc(OC(F)F)cc2)c1. The Balaban J connectivity index is 2.14. The normalized spacial score (nSPS) is 10.8. The monoisotopic (exact) mass is 275 g/mol. The third-order valence-corrected chi connectivity index (χ3v) is 3.07. The quantitative estimate of drug-likeness (QED) is 0.712. The van der Waals surface area contributed by atoms with Crippen LogP contribution < -0.4 is 4.74 Å². The fourth-order valence-corrected chi connectivity index (χ4v) is 2.04. The molecule has 0 atom stereocenters. The highest BCUT2D eigenvalue weighted by Gasteiger charge is 2.05. The van der Waals surface area contributed by atoms with Crippen LogP contribution in [-0.2, 0) is 6.42 Å². The van der Waals surface area contributed by atoms with Crippen molar-refractivity contribution in [1.82, 2.24) is 0 Å². The zero-order valence-electron chi connectivity index (χ0n) is 11.4. The van der Waals surface area contributed by atoms with Gasteiger partial charge in [0.05, 0.1) is 0 Å². The van der Waals surface area contributed by atoms with Gasteiger partial charge in [-0.05, 0) is 47.7 Å². The zero-order valence-corrected chi connectivity index (χ0v) is 11.4. The summed E-state index contributed by atoms with van der Waals surface area (Å²) in [6, 6.07) is 15.9. The summed E-state index contributed by atoms with van der Waals surface area (Å²) in [6.45, 7) is -0.633. The Morgan fingerprint density at radius 1 is 1.20 bits per heavy atom. The minimum absolute atomic E-state index is 0.130. The second-order valence-corrected chi connectivity index (χ2v) is 4.62. The van der Waals surface area contributed by atoms with E-state index in [0.717, 1.165) is 30.4 Å². The number of aryl methyl sites for hydroxylation is 1. The molecule has 2 rings (SSSR count). The van der Waals surface area contributed by atoms with Crippen LogP contribution in [0.5, 0.6) is 5.75 Å². The van der Waals surface area contributed by atoms with Gasteiger partial charge in [-0.25, -0.2) is 0 Å². The highest BCUT2D eigenvalue weighted by molar-refractivity contribution is 5.64. The summed E-state index contributed by atoms with van der Waals surface area (Å²) in [6.07, 6.45) is 3.38. The summed E-state index contributed by atoms with van der Waals surface area (Å²) >= 11 is 0. The van der Waals surface area contributed by atoms with E-state index in [1.54, 1.807) is 6.07 Å². The minimum atomic E-state index is -2.80. The average molecular weight is 275 g/mol. The van der Waals surface area contributed by atoms with Crippen LogP contribution in [-0.4, -0.2) is 6.61 Å². The molecule has 3 heteroatoms. The molecule has 20 heavy (non-hydrogen) atoms. The molecule has 1 nitrogen and oxygen atoms in total. The Morgan fingerprint density at radius 3 is 2.70 bits per heavy atom. The van der Waals surface area contributed by atoms with Gasteiger partial charge in [0.1, 0.15) is 5.75 Å². The van der Waals surface area contributed by atoms with Crippen LogP contribution in [0.1, 0.15) is 25.3 Å². The molecule has 105 valence electrons. The largest absolute Gasteiger partial charge is 0.435 e. The van der Waals surface area contributed by atoms with Crippen LogP contribution in [0.3, 0.4) is 0 Å². The summed E-state index contributed by atoms with van der Waals surface area (Å²) in [7, 11) is 0. The molecule has 0 saturated heterocycles. The predicted octanol–water partition coefficient (Wildman–Crippen LogP) is 5.10. The van der Waals surface area contributed by atoms with E-state index in [1.807, 2.05) is 12.1 Å². The fourth-order valence-electron chi connectivity index (χ4n) is 2.04. The second kappa shape index (κ2) is 7.04. The highest BCUT2D eigenvalue weighted by Crippen LogP contribution is 2.24. The van der Waals surface area contributed by atoms with Crippen molar-refractivity contribution in [2.24, 2.45) is 0 Å². The topological polar surface area (TPSA) is 9.23 Å². The molecule has 1 radical (unpaired) electrons. The van der Waals surface area contributed by atoms with Crippen LogP contribution in [0.4, 0.5) is 8.78 Å². The predicted molar refractivity (Wildman–Crippen MR) is 76.0 cm³/mol. The first-order valence-electron chi connectivity index (χ1n) is 6.75. The van der Waals surface area contributed by atoms with Gasteiger partial charge in [-0.1, -0.05) is 43.7 Å². The summed E-state index contributed by atoms with van der Waals surface area (Å²) in [4.78, 5) is 0. The van der Waals surface area contributed by atoms with Gasteiger partial charge in [0, 0.05) is 0 Å². The van der Waals surface area contributed by atoms with Gasteiger partial charge in [-0.15, -0.1) is 0 Å². The highest BCUT2D eigenvalue weighted by atomic mass is 19.3. The number of alkyl halides is 2. The van der Waals surface area contributed by atoms with Crippen LogP contribution in [0.25, 0.3) is 11.1 Å². The van der Waals surface area contributed by atoms with E-state index in [-0.39, 0.29) is 5.75 Å². The maximum absolute atomic E-state index is 12.1. The zero-order chi connectivity index (χ0) is 14.4. The maximum Gasteiger partial charge on any atom is 0.387 e. The Bertz CT molecular complexity index is 535. The lowest BCUT2D eigenvalue weighted by Gasteiger charge is -2.07. The van der Waals surface area contributed by atoms with Gasteiger partial charge in [0.15, 0.2) is 0 Å². The molecule has 0 aliphatic rings. The smallest absolute Gasteiger partial charge is 0.387 e. The number of hydrogen-bond acceptors (Lipinski definition) is 1. The van der Waals surface area contributed by atoms with Gasteiger partial charge in [-0.2, -0.15) is 8.78 Å². The van der Waals surface area contributed by atoms with Crippen molar-refractivity contribution in [2.45, 2.75) is 32.8 Å². The Labute approximate surface area is 118 Å². The van der Waals surface area contributed by atoms with Gasteiger partial charge >= 0.3 is 6.61 Å². The van der Waals surface area contributed by atoms with Gasteiger partial charge in [0.2, 0.25) is 0 Å². The molecule has 0 aliphatic heterocycles. The molecular weight excluding hydrogens is 258 g/mol. The van der Waals surface area contributed by atoms with Crippen molar-refractivity contribution >= 4 is 0 Å². The Hall–Kier alpha value is -1.90. The maximum atomic E-state index is 12.1. The summed E-state index contributed by atoms with van der Waals surface area (Å²) < 4.78 is 28.5. The molecule has 0 spiro atoms. The third-order valence-electron chi connectivity index (χ3n) is 3.07. The van der Waals surface area contributed by atoms with E-state index in [4.69, 9.17) is 0 Å². The summed E-state index contributed by atoms with van der Waals surface area (Å²) in [5, 5.41) is 0. The molecule has 0 saturated carbocycles. The van der Waals surface area contributed by atoms with Crippen molar-refractivity contribution < 1.29 is 13.5 Å². The first-order chi connectivity index (χ1) is 9.69. The second-order valence-electron chi connectivity index (χ2n) is 4.62. The molecule has 0 unspecified atom stereocenters.